The summed E-state index contributed by atoms with van der Waals surface area (Å²) in [6.07, 6.45) is 9.05. The number of nitrogens with zero attached hydrogens (tertiary/aromatic N) is 2. The van der Waals surface area contributed by atoms with Gasteiger partial charge in [0, 0.05) is 24.8 Å². The van der Waals surface area contributed by atoms with Gasteiger partial charge in [0.1, 0.15) is 6.04 Å². The maximum Gasteiger partial charge on any atom is 0.104 e. The van der Waals surface area contributed by atoms with E-state index < -0.39 is 0 Å². The van der Waals surface area contributed by atoms with Crippen molar-refractivity contribution in [3.05, 3.63) is 24.7 Å². The van der Waals surface area contributed by atoms with Crippen LogP contribution in [0.4, 0.5) is 0 Å². The minimum Gasteiger partial charge on any atom is -0.377 e. The van der Waals surface area contributed by atoms with Crippen LogP contribution in [0.5, 0.6) is 0 Å². The van der Waals surface area contributed by atoms with Crippen LogP contribution in [0.25, 0.3) is 0 Å². The first-order valence-corrected chi connectivity index (χ1v) is 3.15. The number of hydrogen-bond donors (Lipinski definition) is 1. The molecule has 1 unspecified atom stereocenters. The van der Waals surface area contributed by atoms with Crippen LogP contribution in [-0.4, -0.2) is 18.0 Å². The van der Waals surface area contributed by atoms with Crippen LogP contribution in [-0.2, 0) is 0 Å². The molecule has 50 valence electrons. The number of rotatable bonds is 0. The van der Waals surface area contributed by atoms with Gasteiger partial charge in [-0.3, -0.25) is 9.98 Å². The Morgan fingerprint density at radius 3 is 3.30 bits per heavy atom. The first kappa shape index (κ1) is 5.41. The van der Waals surface area contributed by atoms with E-state index in [4.69, 9.17) is 0 Å². The van der Waals surface area contributed by atoms with Crippen molar-refractivity contribution in [3.8, 4) is 0 Å². The van der Waals surface area contributed by atoms with Crippen LogP contribution < -0.4 is 5.32 Å². The number of fused-ring (bicyclic) bond motifs is 1. The van der Waals surface area contributed by atoms with E-state index in [9.17, 15) is 0 Å². The summed E-state index contributed by atoms with van der Waals surface area (Å²) in [7, 11) is 0. The molecule has 2 aliphatic rings. The van der Waals surface area contributed by atoms with Crippen LogP contribution >= 0.6 is 0 Å². The fourth-order valence-electron chi connectivity index (χ4n) is 0.957. The molecule has 0 aromatic carbocycles. The topological polar surface area (TPSA) is 36.8 Å². The normalized spacial score (nSPS) is 27.2. The van der Waals surface area contributed by atoms with Crippen LogP contribution in [0.1, 0.15) is 0 Å². The molecule has 1 atom stereocenters. The monoisotopic (exact) mass is 133 g/mol. The van der Waals surface area contributed by atoms with E-state index in [2.05, 4.69) is 15.3 Å². The van der Waals surface area contributed by atoms with Gasteiger partial charge in [-0.05, 0) is 6.08 Å². The Balaban J connectivity index is 2.34. The second kappa shape index (κ2) is 2.10. The second-order valence-electron chi connectivity index (χ2n) is 2.13. The molecule has 0 bridgehead atoms. The fraction of sp³-hybridized carbons (Fsp3) is 0.143. The minimum atomic E-state index is 0.190. The van der Waals surface area contributed by atoms with Crippen molar-refractivity contribution in [2.75, 3.05) is 0 Å². The van der Waals surface area contributed by atoms with Gasteiger partial charge in [0.2, 0.25) is 0 Å². The average molecular weight is 133 g/mol. The Morgan fingerprint density at radius 1 is 1.40 bits per heavy atom. The zero-order valence-corrected chi connectivity index (χ0v) is 5.36. The van der Waals surface area contributed by atoms with Gasteiger partial charge >= 0.3 is 0 Å². The molecule has 0 saturated carbocycles. The third kappa shape index (κ3) is 0.757. The molecule has 0 spiro atoms. The van der Waals surface area contributed by atoms with Crippen LogP contribution in [0.15, 0.2) is 34.7 Å². The van der Waals surface area contributed by atoms with Gasteiger partial charge in [-0.2, -0.15) is 0 Å². The highest BCUT2D eigenvalue weighted by Gasteiger charge is 2.12. The largest absolute Gasteiger partial charge is 0.377 e. The van der Waals surface area contributed by atoms with Crippen LogP contribution in [0.2, 0.25) is 0 Å². The smallest absolute Gasteiger partial charge is 0.104 e. The van der Waals surface area contributed by atoms with E-state index >= 15 is 0 Å². The Hall–Kier alpha value is -1.38. The fourth-order valence-corrected chi connectivity index (χ4v) is 0.957. The maximum atomic E-state index is 4.15. The lowest BCUT2D eigenvalue weighted by atomic mass is 10.1. The molecule has 0 aromatic heterocycles. The SMILES string of the molecule is C1=CC2=NC=CNC2C=N1. The third-order valence-electron chi connectivity index (χ3n) is 1.46. The van der Waals surface area contributed by atoms with Gasteiger partial charge in [0.15, 0.2) is 0 Å². The molecule has 1 N–H and O–H groups in total. The first-order valence-electron chi connectivity index (χ1n) is 3.15. The molecule has 0 saturated heterocycles. The standard InChI is InChI=1S/C7H7N3/c1-2-8-5-7-6(1)9-3-4-10-7/h1-5,7,10H. The highest BCUT2D eigenvalue weighted by atomic mass is 15.0. The van der Waals surface area contributed by atoms with Crippen LogP contribution in [0, 0.1) is 0 Å². The predicted octanol–water partition coefficient (Wildman–Crippen LogP) is 0.468. The zero-order chi connectivity index (χ0) is 6.81. The first-order chi connectivity index (χ1) is 4.97. The molecule has 0 aliphatic carbocycles. The van der Waals surface area contributed by atoms with Gasteiger partial charge in [-0.25, -0.2) is 0 Å². The Labute approximate surface area is 58.9 Å². The van der Waals surface area contributed by atoms with Crippen LogP contribution in [0.3, 0.4) is 0 Å². The number of hydrogen-bond acceptors (Lipinski definition) is 3. The number of nitrogens with one attached hydrogen (secondary N) is 1. The van der Waals surface area contributed by atoms with E-state index in [1.807, 2.05) is 18.5 Å². The highest BCUT2D eigenvalue weighted by Crippen LogP contribution is 2.00. The molecule has 0 fully saturated rings. The van der Waals surface area contributed by atoms with Crippen molar-refractivity contribution < 1.29 is 0 Å². The summed E-state index contributed by atoms with van der Waals surface area (Å²) < 4.78 is 0. The minimum absolute atomic E-state index is 0.190. The Bertz CT molecular complexity index is 248. The molecule has 10 heavy (non-hydrogen) atoms. The summed E-state index contributed by atoms with van der Waals surface area (Å²) >= 11 is 0. The molecule has 3 heteroatoms. The second-order valence-corrected chi connectivity index (χ2v) is 2.13. The van der Waals surface area contributed by atoms with Crippen molar-refractivity contribution in [1.29, 1.82) is 0 Å². The van der Waals surface area contributed by atoms with Crippen molar-refractivity contribution in [2.24, 2.45) is 9.98 Å². The lowest BCUT2D eigenvalue weighted by molar-refractivity contribution is 0.902. The predicted molar refractivity (Wildman–Crippen MR) is 41.1 cm³/mol. The van der Waals surface area contributed by atoms with Gasteiger partial charge in [-0.15, -0.1) is 0 Å². The highest BCUT2D eigenvalue weighted by molar-refractivity contribution is 6.11. The molecular weight excluding hydrogens is 126 g/mol. The summed E-state index contributed by atoms with van der Waals surface area (Å²) in [6.45, 7) is 0. The van der Waals surface area contributed by atoms with E-state index in [1.165, 1.54) is 0 Å². The zero-order valence-electron chi connectivity index (χ0n) is 5.36. The van der Waals surface area contributed by atoms with E-state index in [-0.39, 0.29) is 6.04 Å². The van der Waals surface area contributed by atoms with Crippen molar-refractivity contribution in [2.45, 2.75) is 6.04 Å². The van der Waals surface area contributed by atoms with Crippen molar-refractivity contribution in [1.82, 2.24) is 5.32 Å². The van der Waals surface area contributed by atoms with E-state index in [0.29, 0.717) is 0 Å². The molecule has 0 radical (unpaired) electrons. The average Bonchev–Trinajstić information content (AvgIpc) is 2.05. The summed E-state index contributed by atoms with van der Waals surface area (Å²) in [5.74, 6) is 0. The summed E-state index contributed by atoms with van der Waals surface area (Å²) in [5.41, 5.74) is 1.03. The molecule has 2 rings (SSSR count). The molecule has 2 aliphatic heterocycles. The van der Waals surface area contributed by atoms with E-state index in [0.717, 1.165) is 5.71 Å². The molecule has 2 heterocycles. The lowest BCUT2D eigenvalue weighted by Crippen LogP contribution is -2.36. The van der Waals surface area contributed by atoms with E-state index in [1.54, 1.807) is 12.4 Å². The lowest BCUT2D eigenvalue weighted by Gasteiger charge is -2.16. The van der Waals surface area contributed by atoms with Crippen molar-refractivity contribution >= 4 is 11.9 Å². The summed E-state index contributed by atoms with van der Waals surface area (Å²) in [6, 6.07) is 0.190. The van der Waals surface area contributed by atoms with Gasteiger partial charge in [0.05, 0.1) is 5.71 Å². The molecular formula is C7H7N3. The quantitative estimate of drug-likeness (QED) is 0.512. The van der Waals surface area contributed by atoms with Gasteiger partial charge in [0.25, 0.3) is 0 Å². The van der Waals surface area contributed by atoms with Gasteiger partial charge < -0.3 is 5.32 Å². The number of aliphatic imine (C=N–C) groups is 2. The molecule has 0 aromatic rings. The van der Waals surface area contributed by atoms with Gasteiger partial charge in [-0.1, -0.05) is 0 Å². The van der Waals surface area contributed by atoms with Crippen molar-refractivity contribution in [3.63, 3.8) is 0 Å². The maximum absolute atomic E-state index is 4.15. The summed E-state index contributed by atoms with van der Waals surface area (Å²) in [4.78, 5) is 8.13. The molecule has 3 nitrogen and oxygen atoms in total. The molecule has 0 amide bonds. The Kier molecular flexibility index (Phi) is 1.13. The summed E-state index contributed by atoms with van der Waals surface area (Å²) in [5, 5.41) is 3.11. The Morgan fingerprint density at radius 2 is 2.40 bits per heavy atom. The third-order valence-corrected chi connectivity index (χ3v) is 1.46.